The second-order valence-corrected chi connectivity index (χ2v) is 7.49. The van der Waals surface area contributed by atoms with E-state index in [0.717, 1.165) is 22.2 Å². The van der Waals surface area contributed by atoms with Crippen LogP contribution >= 0.6 is 11.3 Å². The monoisotopic (exact) mass is 310 g/mol. The molecule has 1 saturated heterocycles. The average molecular weight is 310 g/mol. The molecule has 0 spiro atoms. The molecule has 2 fully saturated rings. The molecule has 2 aliphatic carbocycles. The van der Waals surface area contributed by atoms with Crippen LogP contribution in [-0.2, 0) is 9.59 Å². The fraction of sp³-hybridized carbons (Fsp3) is 0.353. The highest BCUT2D eigenvalue weighted by Gasteiger charge is 2.60. The Bertz CT molecular complexity index is 839. The summed E-state index contributed by atoms with van der Waals surface area (Å²) in [5.74, 6) is 0.0684. The number of fused-ring (bicyclic) bond motifs is 6. The minimum Gasteiger partial charge on any atom is -0.274 e. The van der Waals surface area contributed by atoms with Crippen LogP contribution in [0.5, 0.6) is 0 Å². The van der Waals surface area contributed by atoms with Gasteiger partial charge >= 0.3 is 0 Å². The molecule has 1 saturated carbocycles. The molecule has 1 aliphatic heterocycles. The zero-order chi connectivity index (χ0) is 15.0. The Morgan fingerprint density at radius 1 is 1.14 bits per heavy atom. The number of imide groups is 1. The van der Waals surface area contributed by atoms with Gasteiger partial charge in [-0.3, -0.25) is 9.59 Å². The summed E-state index contributed by atoms with van der Waals surface area (Å²) in [6.07, 6.45) is 5.18. The van der Waals surface area contributed by atoms with Crippen LogP contribution in [0.1, 0.15) is 12.0 Å². The second kappa shape index (κ2) is 4.04. The molecular weight excluding hydrogens is 296 g/mol. The van der Waals surface area contributed by atoms with Crippen molar-refractivity contribution in [1.82, 2.24) is 4.98 Å². The number of carbonyl (C=O) groups excluding carboxylic acids is 2. The first kappa shape index (κ1) is 12.5. The third-order valence-corrected chi connectivity index (χ3v) is 6.20. The Balaban J connectivity index is 1.60. The van der Waals surface area contributed by atoms with Crippen molar-refractivity contribution in [2.75, 3.05) is 4.90 Å². The average Bonchev–Trinajstić information content (AvgIpc) is 3.21. The number of carbonyl (C=O) groups is 2. The number of hydrogen-bond donors (Lipinski definition) is 0. The summed E-state index contributed by atoms with van der Waals surface area (Å²) in [7, 11) is 0. The van der Waals surface area contributed by atoms with Crippen molar-refractivity contribution >= 4 is 38.5 Å². The van der Waals surface area contributed by atoms with E-state index in [1.165, 1.54) is 16.2 Å². The molecule has 110 valence electrons. The molecule has 3 aliphatic rings. The van der Waals surface area contributed by atoms with E-state index in [2.05, 4.69) is 17.1 Å². The van der Waals surface area contributed by atoms with Crippen LogP contribution in [0.25, 0.3) is 10.2 Å². The summed E-state index contributed by atoms with van der Waals surface area (Å²) in [4.78, 5) is 31.4. The fourth-order valence-corrected chi connectivity index (χ4v) is 5.28. The number of amides is 2. The van der Waals surface area contributed by atoms with Gasteiger partial charge in [0.1, 0.15) is 0 Å². The number of thiazole rings is 1. The van der Waals surface area contributed by atoms with E-state index in [4.69, 9.17) is 0 Å². The third kappa shape index (κ3) is 1.44. The summed E-state index contributed by atoms with van der Waals surface area (Å²) < 4.78 is 1.02. The number of aryl methyl sites for hydroxylation is 1. The Hall–Kier alpha value is -2.01. The van der Waals surface area contributed by atoms with Gasteiger partial charge in [-0.05, 0) is 42.9 Å². The Morgan fingerprint density at radius 3 is 2.50 bits per heavy atom. The maximum absolute atomic E-state index is 12.8. The zero-order valence-corrected chi connectivity index (χ0v) is 12.8. The van der Waals surface area contributed by atoms with Crippen LogP contribution in [0, 0.1) is 30.6 Å². The normalized spacial score (nSPS) is 32.5. The minimum absolute atomic E-state index is 0.0531. The van der Waals surface area contributed by atoms with E-state index in [1.807, 2.05) is 25.1 Å². The molecule has 2 bridgehead atoms. The summed E-state index contributed by atoms with van der Waals surface area (Å²) in [6.45, 7) is 2.03. The van der Waals surface area contributed by atoms with Crippen LogP contribution in [0.4, 0.5) is 5.13 Å². The molecule has 0 unspecified atom stereocenters. The van der Waals surface area contributed by atoms with E-state index in [9.17, 15) is 9.59 Å². The van der Waals surface area contributed by atoms with Gasteiger partial charge in [-0.15, -0.1) is 0 Å². The molecule has 0 radical (unpaired) electrons. The van der Waals surface area contributed by atoms with Crippen molar-refractivity contribution in [3.63, 3.8) is 0 Å². The topological polar surface area (TPSA) is 50.3 Å². The van der Waals surface area contributed by atoms with Crippen LogP contribution in [0.15, 0.2) is 30.4 Å². The number of allylic oxidation sites excluding steroid dienone is 2. The summed E-state index contributed by atoms with van der Waals surface area (Å²) in [5.41, 5.74) is 2.00. The quantitative estimate of drug-likeness (QED) is 0.601. The van der Waals surface area contributed by atoms with Crippen LogP contribution in [-0.4, -0.2) is 16.8 Å². The fourth-order valence-electron chi connectivity index (χ4n) is 4.21. The van der Waals surface area contributed by atoms with Crippen molar-refractivity contribution < 1.29 is 9.59 Å². The van der Waals surface area contributed by atoms with Crippen LogP contribution in [0.3, 0.4) is 0 Å². The first-order chi connectivity index (χ1) is 10.6. The number of nitrogens with zero attached hydrogens (tertiary/aromatic N) is 2. The molecule has 2 amide bonds. The minimum atomic E-state index is -0.156. The van der Waals surface area contributed by atoms with Crippen LogP contribution < -0.4 is 4.90 Å². The SMILES string of the molecule is Cc1ccc2nc(N3C(=O)[C@@H]4[C@H](C3=O)[C@@H]3C=C[C@H]4C3)sc2c1. The smallest absolute Gasteiger partial charge is 0.240 e. The van der Waals surface area contributed by atoms with E-state index in [0.29, 0.717) is 5.13 Å². The van der Waals surface area contributed by atoms with Gasteiger partial charge in [0.2, 0.25) is 11.8 Å². The number of aromatic nitrogens is 1. The van der Waals surface area contributed by atoms with Gasteiger partial charge in [0.25, 0.3) is 0 Å². The molecule has 4 atom stereocenters. The predicted octanol–water partition coefficient (Wildman–Crippen LogP) is 2.92. The number of hydrogen-bond acceptors (Lipinski definition) is 4. The molecule has 4 nitrogen and oxygen atoms in total. The van der Waals surface area contributed by atoms with E-state index < -0.39 is 0 Å². The van der Waals surface area contributed by atoms with Gasteiger partial charge in [0, 0.05) is 0 Å². The van der Waals surface area contributed by atoms with Gasteiger partial charge in [-0.1, -0.05) is 29.6 Å². The van der Waals surface area contributed by atoms with E-state index in [1.54, 1.807) is 0 Å². The summed E-state index contributed by atoms with van der Waals surface area (Å²) in [6, 6.07) is 5.99. The Kier molecular flexibility index (Phi) is 2.30. The lowest BCUT2D eigenvalue weighted by atomic mass is 9.85. The van der Waals surface area contributed by atoms with Gasteiger partial charge in [0.05, 0.1) is 22.1 Å². The molecule has 2 heterocycles. The molecule has 1 aromatic heterocycles. The molecule has 0 N–H and O–H groups in total. The highest BCUT2D eigenvalue weighted by Crippen LogP contribution is 2.53. The van der Waals surface area contributed by atoms with Crippen molar-refractivity contribution in [2.24, 2.45) is 23.7 Å². The Labute approximate surface area is 131 Å². The molecule has 1 aromatic carbocycles. The summed E-state index contributed by atoms with van der Waals surface area (Å²) in [5, 5.41) is 0.532. The van der Waals surface area contributed by atoms with Crippen molar-refractivity contribution in [1.29, 1.82) is 0 Å². The molecule has 5 heteroatoms. The number of benzene rings is 1. The second-order valence-electron chi connectivity index (χ2n) is 6.48. The van der Waals surface area contributed by atoms with Gasteiger partial charge in [-0.2, -0.15) is 0 Å². The highest BCUT2D eigenvalue weighted by molar-refractivity contribution is 7.22. The van der Waals surface area contributed by atoms with E-state index in [-0.39, 0.29) is 35.5 Å². The highest BCUT2D eigenvalue weighted by atomic mass is 32.1. The Morgan fingerprint density at radius 2 is 1.82 bits per heavy atom. The first-order valence-corrected chi connectivity index (χ1v) is 8.38. The van der Waals surface area contributed by atoms with Crippen molar-refractivity contribution in [2.45, 2.75) is 13.3 Å². The van der Waals surface area contributed by atoms with Gasteiger partial charge in [0.15, 0.2) is 5.13 Å². The summed E-state index contributed by atoms with van der Waals surface area (Å²) >= 11 is 1.43. The molecule has 22 heavy (non-hydrogen) atoms. The van der Waals surface area contributed by atoms with E-state index >= 15 is 0 Å². The van der Waals surface area contributed by atoms with Gasteiger partial charge < -0.3 is 0 Å². The molecule has 5 rings (SSSR count). The largest absolute Gasteiger partial charge is 0.274 e. The lowest BCUT2D eigenvalue weighted by molar-refractivity contribution is -0.123. The maximum atomic E-state index is 12.8. The zero-order valence-electron chi connectivity index (χ0n) is 12.0. The van der Waals surface area contributed by atoms with Crippen molar-refractivity contribution in [3.05, 3.63) is 35.9 Å². The third-order valence-electron chi connectivity index (χ3n) is 5.19. The lowest BCUT2D eigenvalue weighted by Crippen LogP contribution is -2.32. The predicted molar refractivity (Wildman–Crippen MR) is 84.6 cm³/mol. The lowest BCUT2D eigenvalue weighted by Gasteiger charge is -2.14. The number of anilines is 1. The standard InChI is InChI=1S/C17H14N2O2S/c1-8-2-5-11-12(6-8)22-17(18-11)19-15(20)13-9-3-4-10(7-9)14(13)16(19)21/h2-6,9-10,13-14H,7H2,1H3/t9-,10+,13-,14+. The number of rotatable bonds is 1. The maximum Gasteiger partial charge on any atom is 0.240 e. The van der Waals surface area contributed by atoms with Crippen molar-refractivity contribution in [3.8, 4) is 0 Å². The van der Waals surface area contributed by atoms with Crippen LogP contribution in [0.2, 0.25) is 0 Å². The molecular formula is C17H14N2O2S. The molecule has 2 aromatic rings. The van der Waals surface area contributed by atoms with Gasteiger partial charge in [-0.25, -0.2) is 9.88 Å². The first-order valence-electron chi connectivity index (χ1n) is 7.57.